The number of hydrogen-bond donors (Lipinski definition) is 0. The van der Waals surface area contributed by atoms with Crippen molar-refractivity contribution in [2.75, 3.05) is 25.5 Å². The van der Waals surface area contributed by atoms with Gasteiger partial charge in [0.2, 0.25) is 5.91 Å². The van der Waals surface area contributed by atoms with Gasteiger partial charge < -0.3 is 14.4 Å². The van der Waals surface area contributed by atoms with Crippen LogP contribution < -0.4 is 9.47 Å². The van der Waals surface area contributed by atoms with Crippen LogP contribution in [0.1, 0.15) is 36.6 Å². The molecule has 1 aromatic carbocycles. The van der Waals surface area contributed by atoms with E-state index in [9.17, 15) is 4.79 Å². The fourth-order valence-corrected chi connectivity index (χ4v) is 4.85. The zero-order valence-electron chi connectivity index (χ0n) is 12.6. The topological polar surface area (TPSA) is 38.8 Å². The molecule has 3 aliphatic rings. The quantitative estimate of drug-likeness (QED) is 0.839. The Morgan fingerprint density at radius 1 is 1.14 bits per heavy atom. The summed E-state index contributed by atoms with van der Waals surface area (Å²) in [6.07, 6.45) is 4.53. The van der Waals surface area contributed by atoms with E-state index in [1.54, 1.807) is 0 Å². The third-order valence-corrected chi connectivity index (χ3v) is 5.99. The normalized spacial score (nSPS) is 24.7. The molecule has 4 nitrogen and oxygen atoms in total. The van der Waals surface area contributed by atoms with E-state index in [2.05, 4.69) is 11.0 Å². The molecule has 1 amide bonds. The molecule has 2 heterocycles. The first-order chi connectivity index (χ1) is 10.8. The van der Waals surface area contributed by atoms with Gasteiger partial charge in [0.05, 0.1) is 0 Å². The van der Waals surface area contributed by atoms with Crippen molar-refractivity contribution in [2.24, 2.45) is 5.92 Å². The van der Waals surface area contributed by atoms with Gasteiger partial charge in [-0.2, -0.15) is 0 Å². The number of amides is 1. The maximum absolute atomic E-state index is 12.8. The standard InChI is InChI=1S/C17H21NO3S/c19-16(12-3-1-2-4-12)18-7-10-22-17(18)13-5-6-14-15(11-13)21-9-8-20-14/h5-6,11-12,17H,1-4,7-10H2. The lowest BCUT2D eigenvalue weighted by Gasteiger charge is -2.28. The van der Waals surface area contributed by atoms with Gasteiger partial charge in [-0.15, -0.1) is 11.8 Å². The Kier molecular flexibility index (Phi) is 3.90. The van der Waals surface area contributed by atoms with Crippen LogP contribution in [0.15, 0.2) is 18.2 Å². The van der Waals surface area contributed by atoms with E-state index in [-0.39, 0.29) is 11.3 Å². The van der Waals surface area contributed by atoms with Crippen LogP contribution in [0.3, 0.4) is 0 Å². The van der Waals surface area contributed by atoms with Crippen molar-refractivity contribution in [1.29, 1.82) is 0 Å². The molecule has 0 bridgehead atoms. The second kappa shape index (κ2) is 6.03. The Labute approximate surface area is 135 Å². The number of benzene rings is 1. The van der Waals surface area contributed by atoms with Crippen molar-refractivity contribution in [1.82, 2.24) is 4.90 Å². The predicted octanol–water partition coefficient (Wildman–Crippen LogP) is 3.22. The van der Waals surface area contributed by atoms with Crippen molar-refractivity contribution in [3.63, 3.8) is 0 Å². The molecule has 1 saturated heterocycles. The molecule has 1 atom stereocenters. The Morgan fingerprint density at radius 2 is 1.91 bits per heavy atom. The van der Waals surface area contributed by atoms with Gasteiger partial charge in [-0.25, -0.2) is 0 Å². The number of carbonyl (C=O) groups excluding carboxylic acids is 1. The highest BCUT2D eigenvalue weighted by Gasteiger charge is 2.35. The zero-order valence-corrected chi connectivity index (χ0v) is 13.4. The van der Waals surface area contributed by atoms with Gasteiger partial charge in [0.25, 0.3) is 0 Å². The number of rotatable bonds is 2. The monoisotopic (exact) mass is 319 g/mol. The van der Waals surface area contributed by atoms with Crippen molar-refractivity contribution in [3.05, 3.63) is 23.8 Å². The fourth-order valence-electron chi connectivity index (χ4n) is 3.59. The molecule has 5 heteroatoms. The van der Waals surface area contributed by atoms with Gasteiger partial charge in [0.1, 0.15) is 18.6 Å². The highest BCUT2D eigenvalue weighted by molar-refractivity contribution is 7.99. The number of ether oxygens (including phenoxy) is 2. The maximum atomic E-state index is 12.8. The second-order valence-corrected chi connectivity index (χ2v) is 7.33. The first-order valence-electron chi connectivity index (χ1n) is 8.14. The van der Waals surface area contributed by atoms with Crippen LogP contribution in [0.5, 0.6) is 11.5 Å². The van der Waals surface area contributed by atoms with Crippen molar-refractivity contribution in [2.45, 2.75) is 31.1 Å². The SMILES string of the molecule is O=C(C1CCCC1)N1CCSC1c1ccc2c(c1)OCCO2. The van der Waals surface area contributed by atoms with Crippen LogP contribution in [-0.2, 0) is 4.79 Å². The summed E-state index contributed by atoms with van der Waals surface area (Å²) in [5.41, 5.74) is 1.15. The summed E-state index contributed by atoms with van der Waals surface area (Å²) in [6.45, 7) is 2.06. The highest BCUT2D eigenvalue weighted by Crippen LogP contribution is 2.43. The summed E-state index contributed by atoms with van der Waals surface area (Å²) in [7, 11) is 0. The zero-order chi connectivity index (χ0) is 14.9. The molecule has 0 radical (unpaired) electrons. The number of nitrogens with zero attached hydrogens (tertiary/aromatic N) is 1. The lowest BCUT2D eigenvalue weighted by atomic mass is 10.1. The van der Waals surface area contributed by atoms with E-state index < -0.39 is 0 Å². The first kappa shape index (κ1) is 14.2. The molecule has 1 unspecified atom stereocenters. The molecule has 22 heavy (non-hydrogen) atoms. The third-order valence-electron chi connectivity index (χ3n) is 4.73. The van der Waals surface area contributed by atoms with Gasteiger partial charge in [0.15, 0.2) is 11.5 Å². The smallest absolute Gasteiger partial charge is 0.226 e. The number of fused-ring (bicyclic) bond motifs is 1. The molecular formula is C17H21NO3S. The number of carbonyl (C=O) groups is 1. The molecule has 2 fully saturated rings. The molecule has 2 aliphatic heterocycles. The van der Waals surface area contributed by atoms with Crippen molar-refractivity contribution < 1.29 is 14.3 Å². The lowest BCUT2D eigenvalue weighted by Crippen LogP contribution is -2.34. The summed E-state index contributed by atoms with van der Waals surface area (Å²) in [4.78, 5) is 14.9. The first-order valence-corrected chi connectivity index (χ1v) is 9.19. The van der Waals surface area contributed by atoms with E-state index >= 15 is 0 Å². The number of hydrogen-bond acceptors (Lipinski definition) is 4. The van der Waals surface area contributed by atoms with E-state index in [4.69, 9.17) is 9.47 Å². The van der Waals surface area contributed by atoms with E-state index in [0.29, 0.717) is 19.1 Å². The van der Waals surface area contributed by atoms with Gasteiger partial charge in [-0.3, -0.25) is 4.79 Å². The molecule has 0 spiro atoms. The Morgan fingerprint density at radius 3 is 2.73 bits per heavy atom. The minimum absolute atomic E-state index is 0.129. The third kappa shape index (κ3) is 2.56. The summed E-state index contributed by atoms with van der Waals surface area (Å²) >= 11 is 1.85. The molecular weight excluding hydrogens is 298 g/mol. The van der Waals surface area contributed by atoms with Gasteiger partial charge in [-0.05, 0) is 30.5 Å². The van der Waals surface area contributed by atoms with Crippen molar-refractivity contribution in [3.8, 4) is 11.5 Å². The summed E-state index contributed by atoms with van der Waals surface area (Å²) in [5, 5.41) is 0.129. The summed E-state index contributed by atoms with van der Waals surface area (Å²) in [5.74, 6) is 3.23. The van der Waals surface area contributed by atoms with Crippen LogP contribution in [-0.4, -0.2) is 36.3 Å². The molecule has 4 rings (SSSR count). The maximum Gasteiger partial charge on any atom is 0.226 e. The average Bonchev–Trinajstić information content (AvgIpc) is 3.25. The molecule has 0 aromatic heterocycles. The van der Waals surface area contributed by atoms with Crippen LogP contribution in [0.4, 0.5) is 0 Å². The Bertz CT molecular complexity index is 571. The van der Waals surface area contributed by atoms with E-state index in [0.717, 1.165) is 42.2 Å². The largest absolute Gasteiger partial charge is 0.486 e. The second-order valence-electron chi connectivity index (χ2n) is 6.14. The van der Waals surface area contributed by atoms with Crippen molar-refractivity contribution >= 4 is 17.7 Å². The highest BCUT2D eigenvalue weighted by atomic mass is 32.2. The van der Waals surface area contributed by atoms with Gasteiger partial charge in [-0.1, -0.05) is 18.9 Å². The van der Waals surface area contributed by atoms with Crippen LogP contribution in [0.2, 0.25) is 0 Å². The molecule has 1 saturated carbocycles. The number of thioether (sulfide) groups is 1. The average molecular weight is 319 g/mol. The molecule has 1 aromatic rings. The van der Waals surface area contributed by atoms with Crippen LogP contribution in [0.25, 0.3) is 0 Å². The lowest BCUT2D eigenvalue weighted by molar-refractivity contribution is -0.135. The summed E-state index contributed by atoms with van der Waals surface area (Å²) in [6, 6.07) is 6.10. The molecule has 0 N–H and O–H groups in total. The van der Waals surface area contributed by atoms with Crippen LogP contribution in [0, 0.1) is 5.92 Å². The van der Waals surface area contributed by atoms with Gasteiger partial charge >= 0.3 is 0 Å². The van der Waals surface area contributed by atoms with E-state index in [1.807, 2.05) is 23.9 Å². The minimum atomic E-state index is 0.129. The molecule has 1 aliphatic carbocycles. The minimum Gasteiger partial charge on any atom is -0.486 e. The van der Waals surface area contributed by atoms with E-state index in [1.165, 1.54) is 12.8 Å². The van der Waals surface area contributed by atoms with Crippen LogP contribution >= 0.6 is 11.8 Å². The summed E-state index contributed by atoms with van der Waals surface area (Å²) < 4.78 is 11.3. The fraction of sp³-hybridized carbons (Fsp3) is 0.588. The van der Waals surface area contributed by atoms with Gasteiger partial charge in [0, 0.05) is 18.2 Å². The Balaban J connectivity index is 1.56. The molecule has 118 valence electrons. The predicted molar refractivity (Wildman–Crippen MR) is 86.3 cm³/mol. The Hall–Kier alpha value is -1.36.